The van der Waals surface area contributed by atoms with E-state index < -0.39 is 0 Å². The highest BCUT2D eigenvalue weighted by molar-refractivity contribution is 9.10. The lowest BCUT2D eigenvalue weighted by molar-refractivity contribution is 1.64. The minimum atomic E-state index is 1.12. The van der Waals surface area contributed by atoms with Crippen LogP contribution in [0.2, 0.25) is 0 Å². The minimum absolute atomic E-state index is 1.12. The first-order valence-electron chi connectivity index (χ1n) is 8.35. The number of benzene rings is 1. The largest absolute Gasteiger partial charge is 0.143 e. The van der Waals surface area contributed by atoms with E-state index in [1.165, 1.54) is 40.4 Å². The van der Waals surface area contributed by atoms with Crippen LogP contribution in [0.15, 0.2) is 82.0 Å². The first kappa shape index (κ1) is 17.6. The van der Waals surface area contributed by atoms with E-state index in [9.17, 15) is 0 Å². The third-order valence-electron chi connectivity index (χ3n) is 4.21. The van der Waals surface area contributed by atoms with Crippen LogP contribution in [0.1, 0.15) is 0 Å². The molecule has 0 spiro atoms. The number of hydrogen-bond acceptors (Lipinski definition) is 4. The van der Waals surface area contributed by atoms with Crippen molar-refractivity contribution in [2.75, 3.05) is 0 Å². The highest BCUT2D eigenvalue weighted by Gasteiger charge is 2.11. The van der Waals surface area contributed by atoms with Gasteiger partial charge in [-0.15, -0.1) is 45.3 Å². The van der Waals surface area contributed by atoms with Gasteiger partial charge in [0, 0.05) is 33.7 Å². The monoisotopic (exact) mass is 484 g/mol. The van der Waals surface area contributed by atoms with E-state index in [1.54, 1.807) is 22.7 Å². The summed E-state index contributed by atoms with van der Waals surface area (Å²) in [4.78, 5) is 7.93. The van der Waals surface area contributed by atoms with Crippen LogP contribution >= 0.6 is 61.3 Å². The molecule has 0 fully saturated rings. The van der Waals surface area contributed by atoms with Crippen molar-refractivity contribution in [1.82, 2.24) is 0 Å². The number of halogens is 1. The summed E-state index contributed by atoms with van der Waals surface area (Å²) < 4.78 is 1.12. The van der Waals surface area contributed by atoms with E-state index >= 15 is 0 Å². The van der Waals surface area contributed by atoms with Gasteiger partial charge in [-0.1, -0.05) is 28.1 Å². The van der Waals surface area contributed by atoms with Gasteiger partial charge in [0.05, 0.1) is 0 Å². The fourth-order valence-corrected chi connectivity index (χ4v) is 7.11. The average Bonchev–Trinajstić information content (AvgIpc) is 3.49. The van der Waals surface area contributed by atoms with Gasteiger partial charge in [0.1, 0.15) is 0 Å². The highest BCUT2D eigenvalue weighted by atomic mass is 79.9. The maximum Gasteiger partial charge on any atom is 0.0449 e. The van der Waals surface area contributed by atoms with Crippen molar-refractivity contribution in [3.05, 3.63) is 82.0 Å². The first-order valence-corrected chi connectivity index (χ1v) is 12.5. The Labute approximate surface area is 182 Å². The summed E-state index contributed by atoms with van der Waals surface area (Å²) in [5, 5.41) is 4.27. The predicted octanol–water partition coefficient (Wildman–Crippen LogP) is 9.36. The van der Waals surface area contributed by atoms with E-state index in [2.05, 4.69) is 93.4 Å². The molecule has 0 saturated carbocycles. The number of rotatable bonds is 4. The Morgan fingerprint density at radius 2 is 1.00 bits per heavy atom. The molecule has 0 saturated heterocycles. The molecule has 0 aliphatic heterocycles. The Hall–Kier alpha value is -1.50. The lowest BCUT2D eigenvalue weighted by Gasteiger charge is -2.04. The summed E-state index contributed by atoms with van der Waals surface area (Å²) in [6.45, 7) is 0. The van der Waals surface area contributed by atoms with Gasteiger partial charge in [0.25, 0.3) is 0 Å². The zero-order valence-electron chi connectivity index (χ0n) is 14.0. The Morgan fingerprint density at radius 1 is 0.519 bits per heavy atom. The van der Waals surface area contributed by atoms with Gasteiger partial charge in [-0.05, 0) is 76.5 Å². The molecule has 0 nitrogen and oxygen atoms in total. The molecule has 27 heavy (non-hydrogen) atoms. The van der Waals surface area contributed by atoms with Gasteiger partial charge in [-0.3, -0.25) is 0 Å². The molecule has 0 N–H and O–H groups in total. The molecule has 0 atom stereocenters. The predicted molar refractivity (Wildman–Crippen MR) is 127 cm³/mol. The zero-order chi connectivity index (χ0) is 18.2. The standard InChI is InChI=1S/C22H13BrS4/c23-16-12-14(17-5-7-21(26-17)19-3-1-9-24-19)11-15(13-16)18-6-8-22(27-18)20-4-2-10-25-20/h1-13H. The van der Waals surface area contributed by atoms with Crippen LogP contribution in [0.5, 0.6) is 0 Å². The SMILES string of the molecule is Brc1cc(-c2ccc(-c3cccs3)s2)cc(-c2ccc(-c3cccs3)s2)c1. The Kier molecular flexibility index (Phi) is 4.88. The van der Waals surface area contributed by atoms with Crippen LogP contribution in [-0.4, -0.2) is 0 Å². The van der Waals surface area contributed by atoms with Gasteiger partial charge in [0.2, 0.25) is 0 Å². The number of thiophene rings is 4. The summed E-state index contributed by atoms with van der Waals surface area (Å²) in [5.74, 6) is 0. The second-order valence-electron chi connectivity index (χ2n) is 6.01. The molecule has 0 amide bonds. The molecule has 0 unspecified atom stereocenters. The van der Waals surface area contributed by atoms with E-state index in [-0.39, 0.29) is 0 Å². The first-order chi connectivity index (χ1) is 13.3. The molecular weight excluding hydrogens is 472 g/mol. The molecular formula is C22H13BrS4. The smallest absolute Gasteiger partial charge is 0.0449 e. The molecule has 5 rings (SSSR count). The average molecular weight is 486 g/mol. The molecule has 0 bridgehead atoms. The summed E-state index contributed by atoms with van der Waals surface area (Å²) in [7, 11) is 0. The topological polar surface area (TPSA) is 0 Å². The van der Waals surface area contributed by atoms with Crippen LogP contribution in [0, 0.1) is 0 Å². The van der Waals surface area contributed by atoms with E-state index in [0.29, 0.717) is 0 Å². The van der Waals surface area contributed by atoms with Crippen LogP contribution in [-0.2, 0) is 0 Å². The van der Waals surface area contributed by atoms with Crippen LogP contribution in [0.3, 0.4) is 0 Å². The van der Waals surface area contributed by atoms with Crippen molar-refractivity contribution >= 4 is 61.3 Å². The maximum absolute atomic E-state index is 3.71. The van der Waals surface area contributed by atoms with Gasteiger partial charge < -0.3 is 0 Å². The van der Waals surface area contributed by atoms with Crippen molar-refractivity contribution in [2.24, 2.45) is 0 Å². The van der Waals surface area contributed by atoms with Gasteiger partial charge in [-0.25, -0.2) is 0 Å². The van der Waals surface area contributed by atoms with E-state index in [1.807, 2.05) is 22.7 Å². The summed E-state index contributed by atoms with van der Waals surface area (Å²) >= 11 is 11.0. The molecule has 5 heteroatoms. The Bertz CT molecular complexity index is 1090. The zero-order valence-corrected chi connectivity index (χ0v) is 18.9. The lowest BCUT2D eigenvalue weighted by Crippen LogP contribution is -1.77. The third-order valence-corrected chi connectivity index (χ3v) is 9.06. The summed E-state index contributed by atoms with van der Waals surface area (Å²) in [6.07, 6.45) is 0. The van der Waals surface area contributed by atoms with Crippen LogP contribution < -0.4 is 0 Å². The quantitative estimate of drug-likeness (QED) is 0.238. The van der Waals surface area contributed by atoms with Crippen molar-refractivity contribution in [3.63, 3.8) is 0 Å². The summed E-state index contributed by atoms with van der Waals surface area (Å²) in [6, 6.07) is 24.2. The van der Waals surface area contributed by atoms with Crippen molar-refractivity contribution < 1.29 is 0 Å². The third kappa shape index (κ3) is 3.62. The Balaban J connectivity index is 1.52. The van der Waals surface area contributed by atoms with E-state index in [4.69, 9.17) is 0 Å². The Morgan fingerprint density at radius 3 is 1.44 bits per heavy atom. The van der Waals surface area contributed by atoms with Gasteiger partial charge >= 0.3 is 0 Å². The molecule has 4 heterocycles. The maximum atomic E-state index is 3.71. The van der Waals surface area contributed by atoms with Gasteiger partial charge in [0.15, 0.2) is 0 Å². The normalized spacial score (nSPS) is 11.1. The minimum Gasteiger partial charge on any atom is -0.143 e. The highest BCUT2D eigenvalue weighted by Crippen LogP contribution is 2.41. The molecule has 0 aliphatic rings. The lowest BCUT2D eigenvalue weighted by atomic mass is 10.1. The van der Waals surface area contributed by atoms with Crippen LogP contribution in [0.4, 0.5) is 0 Å². The molecule has 4 aromatic heterocycles. The molecule has 0 aliphatic carbocycles. The number of hydrogen-bond donors (Lipinski definition) is 0. The molecule has 0 radical (unpaired) electrons. The van der Waals surface area contributed by atoms with Crippen LogP contribution in [0.25, 0.3) is 40.4 Å². The molecule has 5 aromatic rings. The molecule has 1 aromatic carbocycles. The van der Waals surface area contributed by atoms with Crippen molar-refractivity contribution in [1.29, 1.82) is 0 Å². The van der Waals surface area contributed by atoms with Gasteiger partial charge in [-0.2, -0.15) is 0 Å². The fraction of sp³-hybridized carbons (Fsp3) is 0. The van der Waals surface area contributed by atoms with Crippen molar-refractivity contribution in [2.45, 2.75) is 0 Å². The molecule has 132 valence electrons. The second-order valence-corrected chi connectivity index (χ2v) is 11.0. The fourth-order valence-electron chi connectivity index (χ4n) is 2.96. The second kappa shape index (κ2) is 7.49. The van der Waals surface area contributed by atoms with E-state index in [0.717, 1.165) is 4.47 Å². The van der Waals surface area contributed by atoms with Crippen molar-refractivity contribution in [3.8, 4) is 40.4 Å². The summed E-state index contributed by atoms with van der Waals surface area (Å²) in [5.41, 5.74) is 2.52.